The van der Waals surface area contributed by atoms with Crippen molar-refractivity contribution in [2.24, 2.45) is 0 Å². The lowest BCUT2D eigenvalue weighted by atomic mass is 10.1. The first-order chi connectivity index (χ1) is 10.7. The van der Waals surface area contributed by atoms with Gasteiger partial charge in [0.15, 0.2) is 5.78 Å². The Morgan fingerprint density at radius 1 is 1.23 bits per heavy atom. The van der Waals surface area contributed by atoms with Crippen LogP contribution in [0.15, 0.2) is 36.4 Å². The molecule has 0 amide bonds. The molecule has 0 aliphatic rings. The number of thiophene rings is 1. The van der Waals surface area contributed by atoms with Crippen LogP contribution in [0, 0.1) is 6.92 Å². The highest BCUT2D eigenvalue weighted by Gasteiger charge is 2.09. The van der Waals surface area contributed by atoms with Gasteiger partial charge in [0.2, 0.25) is 5.82 Å². The van der Waals surface area contributed by atoms with Gasteiger partial charge in [-0.25, -0.2) is 0 Å². The number of aryl methyl sites for hydroxylation is 1. The minimum atomic E-state index is -0.479. The fraction of sp³-hybridized carbons (Fsp3) is 0.200. The number of aliphatic hydroxyl groups excluding tert-OH is 1. The van der Waals surface area contributed by atoms with Crippen LogP contribution in [0.25, 0.3) is 10.7 Å². The van der Waals surface area contributed by atoms with E-state index in [1.165, 1.54) is 9.67 Å². The molecular formula is C15H14N4O2S. The van der Waals surface area contributed by atoms with Crippen LogP contribution in [0.3, 0.4) is 0 Å². The van der Waals surface area contributed by atoms with E-state index in [0.29, 0.717) is 17.9 Å². The van der Waals surface area contributed by atoms with E-state index < -0.39 is 6.61 Å². The number of nitrogens with zero attached hydrogens (tertiary/aromatic N) is 4. The number of carbonyl (C=O) groups excluding carboxylic acids is 1. The lowest BCUT2D eigenvalue weighted by molar-refractivity contribution is 0.0903. The molecule has 0 atom stereocenters. The topological polar surface area (TPSA) is 80.9 Å². The second-order valence-corrected chi connectivity index (χ2v) is 6.12. The lowest BCUT2D eigenvalue weighted by Gasteiger charge is -2.01. The van der Waals surface area contributed by atoms with Gasteiger partial charge >= 0.3 is 0 Å². The summed E-state index contributed by atoms with van der Waals surface area (Å²) in [4.78, 5) is 15.1. The molecule has 0 fully saturated rings. The third-order valence-corrected chi connectivity index (χ3v) is 4.15. The monoisotopic (exact) mass is 314 g/mol. The fourth-order valence-electron chi connectivity index (χ4n) is 2.01. The van der Waals surface area contributed by atoms with Crippen molar-refractivity contribution in [1.82, 2.24) is 20.2 Å². The van der Waals surface area contributed by atoms with E-state index in [9.17, 15) is 4.79 Å². The lowest BCUT2D eigenvalue weighted by Crippen LogP contribution is -2.06. The summed E-state index contributed by atoms with van der Waals surface area (Å²) in [6.07, 6.45) is 0. The summed E-state index contributed by atoms with van der Waals surface area (Å²) in [5.41, 5.74) is 1.45. The molecule has 2 aromatic heterocycles. The maximum Gasteiger partial charge on any atom is 0.214 e. The van der Waals surface area contributed by atoms with Gasteiger partial charge in [0.05, 0.1) is 11.4 Å². The van der Waals surface area contributed by atoms with E-state index in [1.54, 1.807) is 23.5 Å². The molecule has 0 bridgehead atoms. The summed E-state index contributed by atoms with van der Waals surface area (Å²) in [6, 6.07) is 11.0. The molecule has 0 spiro atoms. The first-order valence-electron chi connectivity index (χ1n) is 6.73. The van der Waals surface area contributed by atoms with Crippen molar-refractivity contribution in [1.29, 1.82) is 0 Å². The molecule has 3 rings (SSSR count). The highest BCUT2D eigenvalue weighted by atomic mass is 32.1. The number of hydrogen-bond acceptors (Lipinski definition) is 6. The Bertz CT molecular complexity index is 792. The van der Waals surface area contributed by atoms with E-state index in [0.717, 1.165) is 10.4 Å². The summed E-state index contributed by atoms with van der Waals surface area (Å²) in [5.74, 6) is 0.325. The zero-order chi connectivity index (χ0) is 15.5. The van der Waals surface area contributed by atoms with Crippen molar-refractivity contribution >= 4 is 17.1 Å². The van der Waals surface area contributed by atoms with Gasteiger partial charge in [-0.05, 0) is 29.8 Å². The summed E-state index contributed by atoms with van der Waals surface area (Å²) >= 11 is 1.63. The van der Waals surface area contributed by atoms with Crippen LogP contribution in [-0.4, -0.2) is 37.7 Å². The largest absolute Gasteiger partial charge is 0.388 e. The number of ketones is 1. The van der Waals surface area contributed by atoms with Gasteiger partial charge < -0.3 is 5.11 Å². The van der Waals surface area contributed by atoms with E-state index in [-0.39, 0.29) is 5.78 Å². The van der Waals surface area contributed by atoms with Crippen LogP contribution in [-0.2, 0) is 6.54 Å². The van der Waals surface area contributed by atoms with Crippen LogP contribution in [0.5, 0.6) is 0 Å². The molecule has 0 saturated carbocycles. The smallest absolute Gasteiger partial charge is 0.214 e. The van der Waals surface area contributed by atoms with E-state index in [2.05, 4.69) is 15.4 Å². The molecule has 0 radical (unpaired) electrons. The van der Waals surface area contributed by atoms with E-state index in [1.807, 2.05) is 31.2 Å². The van der Waals surface area contributed by atoms with E-state index >= 15 is 0 Å². The standard InChI is InChI=1S/C15H14N4O2S/c1-10-2-7-14(22-10)15-16-18-19(17-15)8-11-3-5-12(6-4-11)13(21)9-20/h2-7,20H,8-9H2,1H3. The van der Waals surface area contributed by atoms with Gasteiger partial charge in [0.25, 0.3) is 0 Å². The normalized spacial score (nSPS) is 10.8. The zero-order valence-corrected chi connectivity index (χ0v) is 12.7. The minimum absolute atomic E-state index is 0.291. The number of aliphatic hydroxyl groups is 1. The van der Waals surface area contributed by atoms with Gasteiger partial charge in [0, 0.05) is 10.4 Å². The summed E-state index contributed by atoms with van der Waals surface area (Å²) < 4.78 is 0. The van der Waals surface area contributed by atoms with Gasteiger partial charge in [-0.3, -0.25) is 4.79 Å². The molecule has 0 unspecified atom stereocenters. The second-order valence-electron chi connectivity index (χ2n) is 4.83. The summed E-state index contributed by atoms with van der Waals surface area (Å²) in [5, 5.41) is 21.3. The molecule has 112 valence electrons. The minimum Gasteiger partial charge on any atom is -0.388 e. The first kappa shape index (κ1) is 14.6. The Balaban J connectivity index is 1.73. The Morgan fingerprint density at radius 2 is 2.00 bits per heavy atom. The van der Waals surface area contributed by atoms with Crippen molar-refractivity contribution in [3.8, 4) is 10.7 Å². The van der Waals surface area contributed by atoms with Crippen molar-refractivity contribution in [2.75, 3.05) is 6.61 Å². The second kappa shape index (κ2) is 6.17. The van der Waals surface area contributed by atoms with Crippen LogP contribution < -0.4 is 0 Å². The number of hydrogen-bond donors (Lipinski definition) is 1. The highest BCUT2D eigenvalue weighted by Crippen LogP contribution is 2.23. The maximum absolute atomic E-state index is 11.4. The van der Waals surface area contributed by atoms with Crippen LogP contribution in [0.4, 0.5) is 0 Å². The number of benzene rings is 1. The third kappa shape index (κ3) is 3.10. The molecule has 0 aliphatic heterocycles. The number of carbonyl (C=O) groups is 1. The number of aromatic nitrogens is 4. The zero-order valence-electron chi connectivity index (χ0n) is 11.9. The maximum atomic E-state index is 11.4. The SMILES string of the molecule is Cc1ccc(-c2nnn(Cc3ccc(C(=O)CO)cc3)n2)s1. The summed E-state index contributed by atoms with van der Waals surface area (Å²) in [7, 11) is 0. The van der Waals surface area contributed by atoms with Crippen LogP contribution >= 0.6 is 11.3 Å². The first-order valence-corrected chi connectivity index (χ1v) is 7.55. The predicted molar refractivity (Wildman–Crippen MR) is 82.8 cm³/mol. The van der Waals surface area contributed by atoms with Crippen molar-refractivity contribution in [3.05, 3.63) is 52.4 Å². The molecule has 1 N–H and O–H groups in total. The quantitative estimate of drug-likeness (QED) is 0.728. The van der Waals surface area contributed by atoms with Gasteiger partial charge in [-0.1, -0.05) is 24.3 Å². The Kier molecular flexibility index (Phi) is 4.08. The van der Waals surface area contributed by atoms with E-state index in [4.69, 9.17) is 5.11 Å². The third-order valence-electron chi connectivity index (χ3n) is 3.16. The highest BCUT2D eigenvalue weighted by molar-refractivity contribution is 7.15. The fourth-order valence-corrected chi connectivity index (χ4v) is 2.81. The molecule has 7 heteroatoms. The number of Topliss-reactive ketones (excluding diaryl/α,β-unsaturated/α-hetero) is 1. The van der Waals surface area contributed by atoms with Gasteiger partial charge in [-0.2, -0.15) is 4.80 Å². The van der Waals surface area contributed by atoms with Gasteiger partial charge in [0.1, 0.15) is 6.61 Å². The molecule has 1 aromatic carbocycles. The molecular weight excluding hydrogens is 300 g/mol. The average molecular weight is 314 g/mol. The van der Waals surface area contributed by atoms with Crippen molar-refractivity contribution in [3.63, 3.8) is 0 Å². The molecule has 6 nitrogen and oxygen atoms in total. The van der Waals surface area contributed by atoms with Crippen LogP contribution in [0.1, 0.15) is 20.8 Å². The Hall–Kier alpha value is -2.38. The molecule has 0 saturated heterocycles. The predicted octanol–water partition coefficient (Wildman–Crippen LogP) is 1.93. The Labute approximate surface area is 131 Å². The van der Waals surface area contributed by atoms with Crippen LogP contribution in [0.2, 0.25) is 0 Å². The van der Waals surface area contributed by atoms with Crippen molar-refractivity contribution < 1.29 is 9.90 Å². The molecule has 2 heterocycles. The Morgan fingerprint density at radius 3 is 2.64 bits per heavy atom. The van der Waals surface area contributed by atoms with Crippen molar-refractivity contribution in [2.45, 2.75) is 13.5 Å². The number of rotatable bonds is 5. The molecule has 0 aliphatic carbocycles. The summed E-state index contributed by atoms with van der Waals surface area (Å²) in [6.45, 7) is 2.03. The molecule has 22 heavy (non-hydrogen) atoms. The molecule has 3 aromatic rings. The number of tetrazole rings is 1. The average Bonchev–Trinajstić information content (AvgIpc) is 3.16. The van der Waals surface area contributed by atoms with Gasteiger partial charge in [-0.15, -0.1) is 21.5 Å².